The number of aromatic nitrogens is 4. The molecule has 164 valence electrons. The topological polar surface area (TPSA) is 121 Å². The van der Waals surface area contributed by atoms with Gasteiger partial charge < -0.3 is 20.3 Å². The Hall–Kier alpha value is -3.50. The largest absolute Gasteiger partial charge is 0.497 e. The van der Waals surface area contributed by atoms with Gasteiger partial charge in [-0.15, -0.1) is 11.8 Å². The summed E-state index contributed by atoms with van der Waals surface area (Å²) in [5.41, 5.74) is 8.14. The Morgan fingerprint density at radius 3 is 2.75 bits per heavy atom. The van der Waals surface area contributed by atoms with Crippen LogP contribution < -0.4 is 15.8 Å². The Morgan fingerprint density at radius 1 is 1.28 bits per heavy atom. The number of nitrogens with two attached hydrogens (primary N) is 1. The number of rotatable bonds is 7. The summed E-state index contributed by atoms with van der Waals surface area (Å²) in [6.07, 6.45) is 1.85. The molecule has 2 aromatic carbocycles. The monoisotopic (exact) mass is 470 g/mol. The maximum absolute atomic E-state index is 12.5. The van der Waals surface area contributed by atoms with Crippen molar-refractivity contribution < 1.29 is 14.1 Å². The van der Waals surface area contributed by atoms with Gasteiger partial charge in [0.25, 0.3) is 5.89 Å². The van der Waals surface area contributed by atoms with Gasteiger partial charge in [-0.25, -0.2) is 4.68 Å². The molecule has 3 N–H and O–H groups in total. The normalized spacial score (nSPS) is 10.8. The van der Waals surface area contributed by atoms with E-state index in [1.165, 1.54) is 16.4 Å². The number of thioether (sulfide) groups is 1. The van der Waals surface area contributed by atoms with E-state index in [9.17, 15) is 4.79 Å². The number of carbonyl (C=O) groups excluding carboxylic acids is 1. The van der Waals surface area contributed by atoms with Gasteiger partial charge in [-0.05, 0) is 48.7 Å². The molecule has 0 fully saturated rings. The van der Waals surface area contributed by atoms with Gasteiger partial charge in [0, 0.05) is 16.3 Å². The Bertz CT molecular complexity index is 1250. The van der Waals surface area contributed by atoms with Crippen LogP contribution in [0, 0.1) is 0 Å². The van der Waals surface area contributed by atoms with Gasteiger partial charge in [0.05, 0.1) is 7.11 Å². The lowest BCUT2D eigenvalue weighted by Gasteiger charge is -2.07. The summed E-state index contributed by atoms with van der Waals surface area (Å²) in [7, 11) is 1.60. The van der Waals surface area contributed by atoms with Gasteiger partial charge in [0.2, 0.25) is 11.7 Å². The molecule has 9 nitrogen and oxygen atoms in total. The second-order valence-corrected chi connectivity index (χ2v) is 7.87. The average molecular weight is 471 g/mol. The fraction of sp³-hybridized carbons (Fsp3) is 0.143. The van der Waals surface area contributed by atoms with Crippen molar-refractivity contribution in [2.45, 2.75) is 11.6 Å². The van der Waals surface area contributed by atoms with Crippen LogP contribution in [-0.2, 0) is 11.3 Å². The third kappa shape index (κ3) is 4.56. The summed E-state index contributed by atoms with van der Waals surface area (Å²) in [5, 5.41) is 12.3. The van der Waals surface area contributed by atoms with Crippen LogP contribution >= 0.6 is 23.4 Å². The first-order valence-electron chi connectivity index (χ1n) is 9.42. The molecule has 11 heteroatoms. The molecule has 2 aromatic heterocycles. The van der Waals surface area contributed by atoms with Crippen molar-refractivity contribution in [2.24, 2.45) is 0 Å². The zero-order valence-corrected chi connectivity index (χ0v) is 18.8. The quantitative estimate of drug-likeness (QED) is 0.385. The van der Waals surface area contributed by atoms with Gasteiger partial charge in [-0.3, -0.25) is 4.79 Å². The highest BCUT2D eigenvalue weighted by molar-refractivity contribution is 7.98. The predicted molar refractivity (Wildman–Crippen MR) is 124 cm³/mol. The fourth-order valence-corrected chi connectivity index (χ4v) is 3.77. The predicted octanol–water partition coefficient (Wildman–Crippen LogP) is 4.20. The second kappa shape index (κ2) is 9.33. The number of halogens is 1. The fourth-order valence-electron chi connectivity index (χ4n) is 3.00. The van der Waals surface area contributed by atoms with Crippen LogP contribution in [0.1, 0.15) is 0 Å². The molecule has 4 aromatic rings. The summed E-state index contributed by atoms with van der Waals surface area (Å²) in [5.74, 6) is 1.30. The van der Waals surface area contributed by atoms with Crippen molar-refractivity contribution in [3.8, 4) is 28.6 Å². The number of nitrogens with one attached hydrogen (secondary N) is 1. The van der Waals surface area contributed by atoms with Crippen LogP contribution in [0.4, 0.5) is 11.5 Å². The summed E-state index contributed by atoms with van der Waals surface area (Å²) in [6, 6.07) is 14.2. The van der Waals surface area contributed by atoms with Gasteiger partial charge in [-0.2, -0.15) is 10.1 Å². The number of hydrogen-bond acceptors (Lipinski definition) is 8. The Kier molecular flexibility index (Phi) is 6.33. The van der Waals surface area contributed by atoms with Gasteiger partial charge in [0.15, 0.2) is 0 Å². The van der Waals surface area contributed by atoms with Crippen molar-refractivity contribution in [3.63, 3.8) is 0 Å². The number of benzene rings is 2. The van der Waals surface area contributed by atoms with E-state index in [4.69, 9.17) is 26.6 Å². The molecule has 0 saturated carbocycles. The number of nitrogen functional groups attached to an aromatic ring is 1. The Labute approximate surface area is 192 Å². The first-order valence-corrected chi connectivity index (χ1v) is 11.0. The lowest BCUT2D eigenvalue weighted by atomic mass is 10.2. The van der Waals surface area contributed by atoms with Crippen LogP contribution in [0.2, 0.25) is 5.02 Å². The summed E-state index contributed by atoms with van der Waals surface area (Å²) < 4.78 is 12.0. The van der Waals surface area contributed by atoms with E-state index in [-0.39, 0.29) is 24.2 Å². The number of carbonyl (C=O) groups is 1. The Balaban J connectivity index is 1.57. The van der Waals surface area contributed by atoms with E-state index in [1.54, 1.807) is 31.4 Å². The zero-order valence-electron chi connectivity index (χ0n) is 17.2. The van der Waals surface area contributed by atoms with E-state index in [0.717, 1.165) is 11.3 Å². The standard InChI is InChI=1S/C21H19ClN6O3S/c1-30-15-8-6-12(7-9-15)19-25-20(31-27-19)17-18(23)28(26-21(17)32-2)11-16(29)24-14-5-3-4-13(22)10-14/h3-10H,11,23H2,1-2H3,(H,24,29). The lowest BCUT2D eigenvalue weighted by Crippen LogP contribution is -2.20. The molecular weight excluding hydrogens is 452 g/mol. The van der Waals surface area contributed by atoms with Crippen LogP contribution in [0.15, 0.2) is 58.1 Å². The molecule has 0 aliphatic rings. The highest BCUT2D eigenvalue weighted by Crippen LogP contribution is 2.35. The molecule has 0 atom stereocenters. The Morgan fingerprint density at radius 2 is 2.06 bits per heavy atom. The van der Waals surface area contributed by atoms with Crippen LogP contribution in [-0.4, -0.2) is 39.2 Å². The average Bonchev–Trinajstić information content (AvgIpc) is 3.38. The third-order valence-corrected chi connectivity index (χ3v) is 5.45. The molecule has 0 radical (unpaired) electrons. The minimum atomic E-state index is -0.301. The van der Waals surface area contributed by atoms with Gasteiger partial charge >= 0.3 is 0 Å². The maximum Gasteiger partial charge on any atom is 0.264 e. The first-order chi connectivity index (χ1) is 15.5. The number of anilines is 2. The molecule has 0 aliphatic heterocycles. The van der Waals surface area contributed by atoms with E-state index < -0.39 is 0 Å². The molecular formula is C21H19ClN6O3S. The number of hydrogen-bond donors (Lipinski definition) is 2. The first kappa shape index (κ1) is 21.7. The molecule has 0 aliphatic carbocycles. The third-order valence-electron chi connectivity index (χ3n) is 4.54. The summed E-state index contributed by atoms with van der Waals surface area (Å²) in [6.45, 7) is -0.0919. The van der Waals surface area contributed by atoms with E-state index in [1.807, 2.05) is 30.5 Å². The number of amides is 1. The minimum absolute atomic E-state index is 0.0919. The molecule has 0 bridgehead atoms. The molecule has 0 unspecified atom stereocenters. The van der Waals surface area contributed by atoms with Crippen molar-refractivity contribution in [3.05, 3.63) is 53.6 Å². The van der Waals surface area contributed by atoms with Crippen molar-refractivity contribution in [1.29, 1.82) is 0 Å². The minimum Gasteiger partial charge on any atom is -0.497 e. The lowest BCUT2D eigenvalue weighted by molar-refractivity contribution is -0.116. The second-order valence-electron chi connectivity index (χ2n) is 6.64. The van der Waals surface area contributed by atoms with E-state index >= 15 is 0 Å². The van der Waals surface area contributed by atoms with Crippen molar-refractivity contribution >= 4 is 40.8 Å². The molecule has 32 heavy (non-hydrogen) atoms. The molecule has 4 rings (SSSR count). The van der Waals surface area contributed by atoms with Crippen LogP contribution in [0.5, 0.6) is 5.75 Å². The van der Waals surface area contributed by atoms with Crippen LogP contribution in [0.25, 0.3) is 22.8 Å². The molecule has 1 amide bonds. The van der Waals surface area contributed by atoms with Gasteiger partial charge in [-0.1, -0.05) is 22.8 Å². The van der Waals surface area contributed by atoms with E-state index in [2.05, 4.69) is 20.6 Å². The van der Waals surface area contributed by atoms with Crippen molar-refractivity contribution in [2.75, 3.05) is 24.4 Å². The van der Waals surface area contributed by atoms with Gasteiger partial charge in [0.1, 0.15) is 28.7 Å². The number of ether oxygens (including phenoxy) is 1. The van der Waals surface area contributed by atoms with E-state index in [0.29, 0.717) is 27.1 Å². The highest BCUT2D eigenvalue weighted by atomic mass is 35.5. The molecule has 0 spiro atoms. The SMILES string of the molecule is COc1ccc(-c2noc(-c3c(SC)nn(CC(=O)Nc4cccc(Cl)c4)c3N)n2)cc1. The smallest absolute Gasteiger partial charge is 0.264 e. The molecule has 2 heterocycles. The summed E-state index contributed by atoms with van der Waals surface area (Å²) in [4.78, 5) is 17.0. The zero-order chi connectivity index (χ0) is 22.7. The summed E-state index contributed by atoms with van der Waals surface area (Å²) >= 11 is 7.33. The molecule has 0 saturated heterocycles. The van der Waals surface area contributed by atoms with Crippen molar-refractivity contribution in [1.82, 2.24) is 19.9 Å². The number of nitrogens with zero attached hydrogens (tertiary/aromatic N) is 4. The maximum atomic E-state index is 12.5. The van der Waals surface area contributed by atoms with Crippen LogP contribution in [0.3, 0.4) is 0 Å². The number of methoxy groups -OCH3 is 1. The highest BCUT2D eigenvalue weighted by Gasteiger charge is 2.23.